The molecule has 2 heterocycles. The van der Waals surface area contributed by atoms with E-state index in [0.29, 0.717) is 6.04 Å². The number of rotatable bonds is 6. The average Bonchev–Trinajstić information content (AvgIpc) is 3.09. The third-order valence-corrected chi connectivity index (χ3v) is 5.11. The SMILES string of the molecule is CN=C(NCCc1cccs1)NC(C)Cc1ccc(C)s1. The summed E-state index contributed by atoms with van der Waals surface area (Å²) in [4.78, 5) is 8.49. The highest BCUT2D eigenvalue weighted by Gasteiger charge is 2.07. The molecule has 0 aromatic carbocycles. The molecule has 0 bridgehead atoms. The fourth-order valence-corrected chi connectivity index (χ4v) is 3.86. The van der Waals surface area contributed by atoms with Crippen LogP contribution in [0.15, 0.2) is 34.6 Å². The lowest BCUT2D eigenvalue weighted by molar-refractivity contribution is 0.645. The number of aliphatic imine (C=N–C) groups is 1. The van der Waals surface area contributed by atoms with Gasteiger partial charge in [0, 0.05) is 40.7 Å². The van der Waals surface area contributed by atoms with Crippen molar-refractivity contribution < 1.29 is 0 Å². The van der Waals surface area contributed by atoms with Crippen molar-refractivity contribution in [2.45, 2.75) is 32.7 Å². The predicted molar refractivity (Wildman–Crippen MR) is 94.7 cm³/mol. The van der Waals surface area contributed by atoms with Crippen molar-refractivity contribution in [2.75, 3.05) is 13.6 Å². The smallest absolute Gasteiger partial charge is 0.191 e. The summed E-state index contributed by atoms with van der Waals surface area (Å²) < 4.78 is 0. The van der Waals surface area contributed by atoms with E-state index in [0.717, 1.165) is 25.3 Å². The van der Waals surface area contributed by atoms with E-state index in [1.807, 2.05) is 18.4 Å². The first-order valence-corrected chi connectivity index (χ1v) is 8.92. The van der Waals surface area contributed by atoms with Crippen LogP contribution in [0.3, 0.4) is 0 Å². The molecule has 5 heteroatoms. The first kappa shape index (κ1) is 16.0. The number of hydrogen-bond acceptors (Lipinski definition) is 3. The van der Waals surface area contributed by atoms with E-state index in [4.69, 9.17) is 0 Å². The summed E-state index contributed by atoms with van der Waals surface area (Å²) in [6, 6.07) is 9.03. The summed E-state index contributed by atoms with van der Waals surface area (Å²) in [5, 5.41) is 8.95. The molecule has 0 spiro atoms. The molecular weight excluding hydrogens is 298 g/mol. The number of aryl methyl sites for hydroxylation is 1. The van der Waals surface area contributed by atoms with Crippen LogP contribution >= 0.6 is 22.7 Å². The van der Waals surface area contributed by atoms with E-state index in [1.165, 1.54) is 14.6 Å². The van der Waals surface area contributed by atoms with Gasteiger partial charge in [0.2, 0.25) is 0 Å². The summed E-state index contributed by atoms with van der Waals surface area (Å²) in [6.45, 7) is 5.25. The van der Waals surface area contributed by atoms with Crippen LogP contribution in [-0.2, 0) is 12.8 Å². The number of hydrogen-bond donors (Lipinski definition) is 2. The number of nitrogens with one attached hydrogen (secondary N) is 2. The first-order valence-electron chi connectivity index (χ1n) is 7.22. The second-order valence-corrected chi connectivity index (χ2v) is 7.49. The Labute approximate surface area is 135 Å². The quantitative estimate of drug-likeness (QED) is 0.631. The van der Waals surface area contributed by atoms with E-state index >= 15 is 0 Å². The maximum atomic E-state index is 4.29. The molecule has 3 nitrogen and oxygen atoms in total. The lowest BCUT2D eigenvalue weighted by Gasteiger charge is -2.17. The zero-order chi connectivity index (χ0) is 15.1. The van der Waals surface area contributed by atoms with Gasteiger partial charge in [0.1, 0.15) is 0 Å². The Hall–Kier alpha value is -1.33. The van der Waals surface area contributed by atoms with Crippen molar-refractivity contribution in [1.82, 2.24) is 10.6 Å². The Bertz CT molecular complexity index is 558. The molecule has 0 amide bonds. The van der Waals surface area contributed by atoms with Gasteiger partial charge < -0.3 is 10.6 Å². The van der Waals surface area contributed by atoms with Gasteiger partial charge in [-0.1, -0.05) is 6.07 Å². The van der Waals surface area contributed by atoms with Crippen molar-refractivity contribution in [1.29, 1.82) is 0 Å². The van der Waals surface area contributed by atoms with Crippen molar-refractivity contribution >= 4 is 28.6 Å². The molecule has 114 valence electrons. The molecule has 2 N–H and O–H groups in total. The lowest BCUT2D eigenvalue weighted by atomic mass is 10.2. The summed E-state index contributed by atoms with van der Waals surface area (Å²) in [5.41, 5.74) is 0. The Morgan fingerprint density at radius 2 is 2.14 bits per heavy atom. The highest BCUT2D eigenvalue weighted by Crippen LogP contribution is 2.16. The Kier molecular flexibility index (Phi) is 6.26. The van der Waals surface area contributed by atoms with Crippen LogP contribution in [0.1, 0.15) is 21.6 Å². The monoisotopic (exact) mass is 321 g/mol. The van der Waals surface area contributed by atoms with Gasteiger partial charge in [0.25, 0.3) is 0 Å². The van der Waals surface area contributed by atoms with E-state index in [-0.39, 0.29) is 0 Å². The molecule has 0 aliphatic rings. The summed E-state index contributed by atoms with van der Waals surface area (Å²) in [7, 11) is 1.82. The molecule has 1 unspecified atom stereocenters. The van der Waals surface area contributed by atoms with Crippen LogP contribution in [0.4, 0.5) is 0 Å². The first-order chi connectivity index (χ1) is 10.2. The fraction of sp³-hybridized carbons (Fsp3) is 0.438. The molecular formula is C16H23N3S2. The van der Waals surface area contributed by atoms with Crippen LogP contribution < -0.4 is 10.6 Å². The third kappa shape index (κ3) is 5.52. The minimum absolute atomic E-state index is 0.371. The summed E-state index contributed by atoms with van der Waals surface area (Å²) in [6.07, 6.45) is 2.07. The molecule has 0 radical (unpaired) electrons. The maximum Gasteiger partial charge on any atom is 0.191 e. The Morgan fingerprint density at radius 1 is 1.29 bits per heavy atom. The van der Waals surface area contributed by atoms with Crippen LogP contribution in [0, 0.1) is 6.92 Å². The van der Waals surface area contributed by atoms with Crippen LogP contribution in [0.5, 0.6) is 0 Å². The second-order valence-electron chi connectivity index (χ2n) is 5.09. The highest BCUT2D eigenvalue weighted by molar-refractivity contribution is 7.11. The van der Waals surface area contributed by atoms with E-state index in [9.17, 15) is 0 Å². The fourth-order valence-electron chi connectivity index (χ4n) is 2.13. The molecule has 2 aromatic rings. The van der Waals surface area contributed by atoms with Crippen LogP contribution in [0.2, 0.25) is 0 Å². The molecule has 0 saturated carbocycles. The average molecular weight is 322 g/mol. The molecule has 0 aliphatic heterocycles. The molecule has 1 atom stereocenters. The largest absolute Gasteiger partial charge is 0.356 e. The summed E-state index contributed by atoms with van der Waals surface area (Å²) >= 11 is 3.67. The van der Waals surface area contributed by atoms with Gasteiger partial charge >= 0.3 is 0 Å². The zero-order valence-corrected chi connectivity index (χ0v) is 14.5. The van der Waals surface area contributed by atoms with Crippen LogP contribution in [-0.4, -0.2) is 25.6 Å². The third-order valence-electron chi connectivity index (χ3n) is 3.15. The summed E-state index contributed by atoms with van der Waals surface area (Å²) in [5.74, 6) is 0.882. The van der Waals surface area contributed by atoms with Gasteiger partial charge in [-0.2, -0.15) is 0 Å². The number of nitrogens with zero attached hydrogens (tertiary/aromatic N) is 1. The Balaban J connectivity index is 1.73. The van der Waals surface area contributed by atoms with Gasteiger partial charge in [-0.15, -0.1) is 22.7 Å². The van der Waals surface area contributed by atoms with E-state index in [2.05, 4.69) is 59.1 Å². The topological polar surface area (TPSA) is 36.4 Å². The lowest BCUT2D eigenvalue weighted by Crippen LogP contribution is -2.43. The molecule has 0 fully saturated rings. The maximum absolute atomic E-state index is 4.29. The minimum atomic E-state index is 0.371. The standard InChI is InChI=1S/C16H23N3S2/c1-12(11-15-7-6-13(2)21-15)19-16(17-3)18-9-8-14-5-4-10-20-14/h4-7,10,12H,8-9,11H2,1-3H3,(H2,17,18,19). The molecule has 2 rings (SSSR count). The van der Waals surface area contributed by atoms with Crippen molar-refractivity contribution in [2.24, 2.45) is 4.99 Å². The van der Waals surface area contributed by atoms with Gasteiger partial charge in [-0.05, 0) is 43.8 Å². The predicted octanol–water partition coefficient (Wildman–Crippen LogP) is 3.46. The van der Waals surface area contributed by atoms with Crippen molar-refractivity contribution in [3.8, 4) is 0 Å². The van der Waals surface area contributed by atoms with Gasteiger partial charge in [-0.25, -0.2) is 0 Å². The minimum Gasteiger partial charge on any atom is -0.356 e. The zero-order valence-electron chi connectivity index (χ0n) is 12.8. The van der Waals surface area contributed by atoms with Crippen molar-refractivity contribution in [3.05, 3.63) is 44.3 Å². The van der Waals surface area contributed by atoms with Gasteiger partial charge in [-0.3, -0.25) is 4.99 Å². The normalized spacial score (nSPS) is 13.2. The van der Waals surface area contributed by atoms with Crippen molar-refractivity contribution in [3.63, 3.8) is 0 Å². The molecule has 0 aliphatic carbocycles. The van der Waals surface area contributed by atoms with Gasteiger partial charge in [0.15, 0.2) is 5.96 Å². The Morgan fingerprint density at radius 3 is 2.76 bits per heavy atom. The van der Waals surface area contributed by atoms with E-state index in [1.54, 1.807) is 11.3 Å². The molecule has 21 heavy (non-hydrogen) atoms. The highest BCUT2D eigenvalue weighted by atomic mass is 32.1. The number of thiophene rings is 2. The number of guanidine groups is 1. The van der Waals surface area contributed by atoms with Crippen LogP contribution in [0.25, 0.3) is 0 Å². The second kappa shape index (κ2) is 8.20. The molecule has 2 aromatic heterocycles. The van der Waals surface area contributed by atoms with E-state index < -0.39 is 0 Å². The van der Waals surface area contributed by atoms with Gasteiger partial charge in [0.05, 0.1) is 0 Å². The molecule has 0 saturated heterocycles.